The summed E-state index contributed by atoms with van der Waals surface area (Å²) in [7, 11) is 1.16. The van der Waals surface area contributed by atoms with E-state index in [4.69, 9.17) is 9.47 Å². The van der Waals surface area contributed by atoms with E-state index in [1.165, 1.54) is 6.07 Å². The molecule has 0 aromatic heterocycles. The van der Waals surface area contributed by atoms with Gasteiger partial charge in [0, 0.05) is 10.0 Å². The number of aldehydes is 1. The standard InChI is InChI=1S/C11H9BrO6/c1-16-11(15)8(14)5-2-7(12)6(3-13)10-9(5)17-4-18-10/h2-3,8,14H,4H2,1H3. The summed E-state index contributed by atoms with van der Waals surface area (Å²) in [6.45, 7) is -0.0759. The molecule has 0 amide bonds. The number of hydrogen-bond acceptors (Lipinski definition) is 6. The van der Waals surface area contributed by atoms with Gasteiger partial charge in [0.25, 0.3) is 0 Å². The van der Waals surface area contributed by atoms with Crippen LogP contribution in [-0.2, 0) is 9.53 Å². The molecule has 0 saturated carbocycles. The molecule has 1 unspecified atom stereocenters. The fourth-order valence-electron chi connectivity index (χ4n) is 1.63. The average Bonchev–Trinajstić information content (AvgIpc) is 2.85. The zero-order valence-electron chi connectivity index (χ0n) is 9.31. The summed E-state index contributed by atoms with van der Waals surface area (Å²) >= 11 is 3.17. The Kier molecular flexibility index (Phi) is 3.53. The molecule has 1 N–H and O–H groups in total. The highest BCUT2D eigenvalue weighted by atomic mass is 79.9. The quantitative estimate of drug-likeness (QED) is 0.666. The van der Waals surface area contributed by atoms with Crippen molar-refractivity contribution in [1.82, 2.24) is 0 Å². The molecule has 6 nitrogen and oxygen atoms in total. The first-order valence-electron chi connectivity index (χ1n) is 4.93. The van der Waals surface area contributed by atoms with Gasteiger partial charge in [-0.1, -0.05) is 0 Å². The Hall–Kier alpha value is -1.60. The molecule has 0 saturated heterocycles. The Labute approximate surface area is 111 Å². The van der Waals surface area contributed by atoms with Crippen molar-refractivity contribution in [2.75, 3.05) is 13.9 Å². The number of benzene rings is 1. The van der Waals surface area contributed by atoms with Crippen LogP contribution in [-0.4, -0.2) is 31.3 Å². The summed E-state index contributed by atoms with van der Waals surface area (Å²) in [4.78, 5) is 22.3. The van der Waals surface area contributed by atoms with Crippen LogP contribution in [0.2, 0.25) is 0 Å². The highest BCUT2D eigenvalue weighted by Gasteiger charge is 2.30. The van der Waals surface area contributed by atoms with Gasteiger partial charge in [-0.3, -0.25) is 4.79 Å². The third kappa shape index (κ3) is 1.95. The molecule has 0 fully saturated rings. The Bertz CT molecular complexity index is 513. The molecular formula is C11H9BrO6. The monoisotopic (exact) mass is 316 g/mol. The summed E-state index contributed by atoms with van der Waals surface area (Å²) in [6.07, 6.45) is -0.895. The van der Waals surface area contributed by atoms with Crippen molar-refractivity contribution in [2.24, 2.45) is 0 Å². The highest BCUT2D eigenvalue weighted by molar-refractivity contribution is 9.10. The van der Waals surface area contributed by atoms with Crippen LogP contribution >= 0.6 is 15.9 Å². The van der Waals surface area contributed by atoms with Crippen molar-refractivity contribution >= 4 is 28.2 Å². The number of ether oxygens (including phenoxy) is 3. The minimum absolute atomic E-state index is 0.0759. The third-order valence-corrected chi connectivity index (χ3v) is 3.15. The van der Waals surface area contributed by atoms with E-state index < -0.39 is 12.1 Å². The maximum Gasteiger partial charge on any atom is 0.339 e. The molecule has 1 aromatic rings. The Morgan fingerprint density at radius 2 is 2.22 bits per heavy atom. The molecule has 1 aliphatic rings. The Morgan fingerprint density at radius 1 is 1.56 bits per heavy atom. The van der Waals surface area contributed by atoms with E-state index in [0.29, 0.717) is 10.8 Å². The van der Waals surface area contributed by atoms with Gasteiger partial charge in [-0.15, -0.1) is 0 Å². The van der Waals surface area contributed by atoms with E-state index >= 15 is 0 Å². The van der Waals surface area contributed by atoms with E-state index in [1.54, 1.807) is 0 Å². The number of esters is 1. The zero-order chi connectivity index (χ0) is 13.3. The summed E-state index contributed by atoms with van der Waals surface area (Å²) in [5.74, 6) is -0.436. The van der Waals surface area contributed by atoms with Crippen molar-refractivity contribution in [2.45, 2.75) is 6.10 Å². The number of rotatable bonds is 3. The van der Waals surface area contributed by atoms with Crippen LogP contribution in [0.15, 0.2) is 10.5 Å². The largest absolute Gasteiger partial charge is 0.467 e. The van der Waals surface area contributed by atoms with Crippen LogP contribution in [0.5, 0.6) is 11.5 Å². The number of methoxy groups -OCH3 is 1. The third-order valence-electron chi connectivity index (χ3n) is 2.50. The van der Waals surface area contributed by atoms with Gasteiger partial charge in [0.1, 0.15) is 0 Å². The minimum atomic E-state index is -1.50. The zero-order valence-corrected chi connectivity index (χ0v) is 10.9. The lowest BCUT2D eigenvalue weighted by atomic mass is 10.0. The van der Waals surface area contributed by atoms with Crippen LogP contribution in [0.4, 0.5) is 0 Å². The van der Waals surface area contributed by atoms with Crippen LogP contribution in [0.25, 0.3) is 0 Å². The second-order valence-electron chi connectivity index (χ2n) is 3.47. The molecule has 96 valence electrons. The van der Waals surface area contributed by atoms with E-state index in [-0.39, 0.29) is 29.4 Å². The smallest absolute Gasteiger partial charge is 0.339 e. The topological polar surface area (TPSA) is 82.1 Å². The van der Waals surface area contributed by atoms with Crippen molar-refractivity contribution in [3.05, 3.63) is 21.7 Å². The second kappa shape index (κ2) is 4.95. The van der Waals surface area contributed by atoms with Gasteiger partial charge in [-0.2, -0.15) is 0 Å². The summed E-state index contributed by atoms with van der Waals surface area (Å²) in [5, 5.41) is 9.82. The molecule has 1 heterocycles. The fourth-order valence-corrected chi connectivity index (χ4v) is 2.15. The van der Waals surface area contributed by atoms with E-state index in [0.717, 1.165) is 7.11 Å². The Morgan fingerprint density at radius 3 is 2.83 bits per heavy atom. The summed E-state index contributed by atoms with van der Waals surface area (Å²) in [5.41, 5.74) is 0.454. The Balaban J connectivity index is 2.57. The number of carbonyl (C=O) groups is 2. The van der Waals surface area contributed by atoms with Gasteiger partial charge in [0.15, 0.2) is 23.9 Å². The molecular weight excluding hydrogens is 308 g/mol. The van der Waals surface area contributed by atoms with E-state index in [2.05, 4.69) is 20.7 Å². The maximum absolute atomic E-state index is 11.3. The predicted octanol–water partition coefficient (Wildman–Crippen LogP) is 1.20. The van der Waals surface area contributed by atoms with Gasteiger partial charge in [0.05, 0.1) is 12.7 Å². The molecule has 0 radical (unpaired) electrons. The number of halogens is 1. The molecule has 1 atom stereocenters. The average molecular weight is 317 g/mol. The highest BCUT2D eigenvalue weighted by Crippen LogP contribution is 2.44. The van der Waals surface area contributed by atoms with Gasteiger partial charge in [0.2, 0.25) is 6.79 Å². The summed E-state index contributed by atoms with van der Waals surface area (Å²) < 4.78 is 15.2. The van der Waals surface area contributed by atoms with Gasteiger partial charge in [-0.05, 0) is 22.0 Å². The molecule has 18 heavy (non-hydrogen) atoms. The first kappa shape index (κ1) is 12.8. The minimum Gasteiger partial charge on any atom is -0.467 e. The van der Waals surface area contributed by atoms with Gasteiger partial charge < -0.3 is 19.3 Å². The summed E-state index contributed by atoms with van der Waals surface area (Å²) in [6, 6.07) is 1.43. The van der Waals surface area contributed by atoms with Crippen molar-refractivity contribution in [3.8, 4) is 11.5 Å². The first-order chi connectivity index (χ1) is 8.60. The van der Waals surface area contributed by atoms with Crippen LogP contribution in [0, 0.1) is 0 Å². The normalized spacial score (nSPS) is 14.2. The molecule has 7 heteroatoms. The van der Waals surface area contributed by atoms with Crippen LogP contribution in [0.3, 0.4) is 0 Å². The molecule has 0 spiro atoms. The van der Waals surface area contributed by atoms with Crippen LogP contribution in [0.1, 0.15) is 22.0 Å². The molecule has 1 aliphatic heterocycles. The SMILES string of the molecule is COC(=O)C(O)c1cc(Br)c(C=O)c2c1OCO2. The lowest BCUT2D eigenvalue weighted by molar-refractivity contribution is -0.150. The van der Waals surface area contributed by atoms with Crippen molar-refractivity contribution in [3.63, 3.8) is 0 Å². The first-order valence-corrected chi connectivity index (χ1v) is 5.72. The van der Waals surface area contributed by atoms with Crippen LogP contribution < -0.4 is 9.47 Å². The van der Waals surface area contributed by atoms with Crippen molar-refractivity contribution < 1.29 is 28.9 Å². The molecule has 0 aliphatic carbocycles. The number of aliphatic hydroxyl groups is 1. The van der Waals surface area contributed by atoms with Gasteiger partial charge >= 0.3 is 5.97 Å². The lowest BCUT2D eigenvalue weighted by Crippen LogP contribution is -2.14. The van der Waals surface area contributed by atoms with Gasteiger partial charge in [-0.25, -0.2) is 4.79 Å². The number of carbonyl (C=O) groups excluding carboxylic acids is 2. The number of hydrogen-bond donors (Lipinski definition) is 1. The predicted molar refractivity (Wildman–Crippen MR) is 62.6 cm³/mol. The second-order valence-corrected chi connectivity index (χ2v) is 4.32. The molecule has 1 aromatic carbocycles. The maximum atomic E-state index is 11.3. The molecule has 0 bridgehead atoms. The van der Waals surface area contributed by atoms with Crippen molar-refractivity contribution in [1.29, 1.82) is 0 Å². The van der Waals surface area contributed by atoms with E-state index in [9.17, 15) is 14.7 Å². The molecule has 2 rings (SSSR count). The number of fused-ring (bicyclic) bond motifs is 1. The number of aliphatic hydroxyl groups excluding tert-OH is 1. The van der Waals surface area contributed by atoms with E-state index in [1.807, 2.05) is 0 Å². The lowest BCUT2D eigenvalue weighted by Gasteiger charge is -2.13. The fraction of sp³-hybridized carbons (Fsp3) is 0.273.